The molecule has 1 aromatic carbocycles. The number of nitrogens with zero attached hydrogens (tertiary/aromatic N) is 1. The van der Waals surface area contributed by atoms with Crippen LogP contribution >= 0.6 is 15.9 Å². The summed E-state index contributed by atoms with van der Waals surface area (Å²) in [5.74, 6) is 0.344. The molecule has 18 heavy (non-hydrogen) atoms. The van der Waals surface area contributed by atoms with Crippen LogP contribution in [-0.2, 0) is 22.5 Å². The molecule has 0 radical (unpaired) electrons. The van der Waals surface area contributed by atoms with Gasteiger partial charge in [-0.15, -0.1) is 0 Å². The molecule has 1 amide bonds. The Bertz CT molecular complexity index is 469. The van der Waals surface area contributed by atoms with Crippen LogP contribution in [0.4, 0.5) is 0 Å². The molecular weight excluding hydrogens is 294 g/mol. The summed E-state index contributed by atoms with van der Waals surface area (Å²) in [6, 6.07) is 6.35. The van der Waals surface area contributed by atoms with E-state index in [1.807, 2.05) is 4.90 Å². The first-order valence-corrected chi connectivity index (χ1v) is 7.17. The molecule has 1 unspecified atom stereocenters. The van der Waals surface area contributed by atoms with Crippen molar-refractivity contribution in [1.29, 1.82) is 0 Å². The fourth-order valence-corrected chi connectivity index (χ4v) is 3.11. The predicted octanol–water partition coefficient (Wildman–Crippen LogP) is 2.37. The molecule has 2 aliphatic heterocycles. The second-order valence-electron chi connectivity index (χ2n) is 4.98. The minimum atomic E-state index is 0.0821. The van der Waals surface area contributed by atoms with Crippen LogP contribution in [0.2, 0.25) is 0 Å². The molecule has 0 N–H and O–H groups in total. The Morgan fingerprint density at radius 3 is 3.06 bits per heavy atom. The molecule has 0 saturated carbocycles. The van der Waals surface area contributed by atoms with Gasteiger partial charge in [0.15, 0.2) is 0 Å². The number of benzene rings is 1. The van der Waals surface area contributed by atoms with Crippen LogP contribution < -0.4 is 0 Å². The maximum atomic E-state index is 12.3. The molecule has 4 heteroatoms. The maximum absolute atomic E-state index is 12.3. The predicted molar refractivity (Wildman–Crippen MR) is 72.2 cm³/mol. The zero-order valence-corrected chi connectivity index (χ0v) is 11.8. The minimum Gasteiger partial charge on any atom is -0.381 e. The number of amides is 1. The van der Waals surface area contributed by atoms with Crippen molar-refractivity contribution in [2.45, 2.75) is 19.4 Å². The first kappa shape index (κ1) is 12.2. The number of rotatable bonds is 1. The van der Waals surface area contributed by atoms with Crippen LogP contribution in [0, 0.1) is 5.92 Å². The van der Waals surface area contributed by atoms with E-state index in [1.165, 1.54) is 11.1 Å². The zero-order chi connectivity index (χ0) is 12.5. The highest BCUT2D eigenvalue weighted by molar-refractivity contribution is 9.10. The third-order valence-electron chi connectivity index (χ3n) is 3.77. The van der Waals surface area contributed by atoms with Crippen LogP contribution in [-0.4, -0.2) is 30.6 Å². The molecule has 0 spiro atoms. The van der Waals surface area contributed by atoms with Crippen molar-refractivity contribution in [3.8, 4) is 0 Å². The molecule has 2 aliphatic rings. The topological polar surface area (TPSA) is 29.5 Å². The van der Waals surface area contributed by atoms with Gasteiger partial charge in [-0.25, -0.2) is 0 Å². The molecule has 0 bridgehead atoms. The monoisotopic (exact) mass is 309 g/mol. The quantitative estimate of drug-likeness (QED) is 0.797. The van der Waals surface area contributed by atoms with Crippen LogP contribution in [0.1, 0.15) is 17.5 Å². The molecule has 2 heterocycles. The second-order valence-corrected chi connectivity index (χ2v) is 5.90. The number of fused-ring (bicyclic) bond motifs is 1. The minimum absolute atomic E-state index is 0.0821. The Hall–Kier alpha value is -0.870. The van der Waals surface area contributed by atoms with Crippen molar-refractivity contribution in [2.75, 3.05) is 19.8 Å². The molecular formula is C14H16BrNO2. The van der Waals surface area contributed by atoms with Gasteiger partial charge < -0.3 is 9.64 Å². The van der Waals surface area contributed by atoms with Crippen LogP contribution in [0.15, 0.2) is 22.7 Å². The van der Waals surface area contributed by atoms with Crippen molar-refractivity contribution in [1.82, 2.24) is 4.90 Å². The molecule has 3 nitrogen and oxygen atoms in total. The first-order chi connectivity index (χ1) is 8.74. The highest BCUT2D eigenvalue weighted by Gasteiger charge is 2.29. The van der Waals surface area contributed by atoms with E-state index < -0.39 is 0 Å². The third kappa shape index (κ3) is 2.31. The molecule has 1 aromatic rings. The number of ether oxygens (including phenoxy) is 1. The summed E-state index contributed by atoms with van der Waals surface area (Å²) in [5.41, 5.74) is 2.63. The smallest absolute Gasteiger partial charge is 0.228 e. The van der Waals surface area contributed by atoms with Gasteiger partial charge in [0.05, 0.1) is 12.5 Å². The molecule has 0 aromatic heterocycles. The standard InChI is InChI=1S/C14H16BrNO2/c15-13-2-1-10-3-5-16(8-12(10)7-13)14(17)11-4-6-18-9-11/h1-2,7,11H,3-6,8-9H2. The molecule has 1 fully saturated rings. The van der Waals surface area contributed by atoms with E-state index in [0.29, 0.717) is 6.61 Å². The highest BCUT2D eigenvalue weighted by Crippen LogP contribution is 2.25. The summed E-state index contributed by atoms with van der Waals surface area (Å²) in [4.78, 5) is 14.3. The Morgan fingerprint density at radius 2 is 2.28 bits per heavy atom. The van der Waals surface area contributed by atoms with Crippen LogP contribution in [0.3, 0.4) is 0 Å². The SMILES string of the molecule is O=C(C1CCOC1)N1CCc2ccc(Br)cc2C1. The molecule has 3 rings (SSSR count). The summed E-state index contributed by atoms with van der Waals surface area (Å²) in [6.45, 7) is 2.90. The average molecular weight is 310 g/mol. The summed E-state index contributed by atoms with van der Waals surface area (Å²) in [5, 5.41) is 0. The van der Waals surface area contributed by atoms with Gasteiger partial charge >= 0.3 is 0 Å². The zero-order valence-electron chi connectivity index (χ0n) is 10.2. The summed E-state index contributed by atoms with van der Waals surface area (Å²) in [7, 11) is 0. The third-order valence-corrected chi connectivity index (χ3v) is 4.26. The molecule has 96 valence electrons. The normalized spacial score (nSPS) is 22.9. The largest absolute Gasteiger partial charge is 0.381 e. The van der Waals surface area contributed by atoms with Crippen molar-refractivity contribution < 1.29 is 9.53 Å². The fraction of sp³-hybridized carbons (Fsp3) is 0.500. The van der Waals surface area contributed by atoms with Crippen molar-refractivity contribution in [3.05, 3.63) is 33.8 Å². The van der Waals surface area contributed by atoms with Gasteiger partial charge in [-0.2, -0.15) is 0 Å². The Labute approximate surface area is 115 Å². The lowest BCUT2D eigenvalue weighted by Gasteiger charge is -2.30. The second kappa shape index (κ2) is 5.02. The number of carbonyl (C=O) groups excluding carboxylic acids is 1. The number of hydrogen-bond acceptors (Lipinski definition) is 2. The summed E-state index contributed by atoms with van der Waals surface area (Å²) < 4.78 is 6.39. The van der Waals surface area contributed by atoms with Gasteiger partial charge in [0.1, 0.15) is 0 Å². The van der Waals surface area contributed by atoms with Gasteiger partial charge in [-0.3, -0.25) is 4.79 Å². The Kier molecular flexibility index (Phi) is 3.39. The lowest BCUT2D eigenvalue weighted by molar-refractivity contribution is -0.136. The molecule has 0 aliphatic carbocycles. The van der Waals surface area contributed by atoms with Gasteiger partial charge in [-0.1, -0.05) is 22.0 Å². The molecule has 1 saturated heterocycles. The van der Waals surface area contributed by atoms with Crippen molar-refractivity contribution in [2.24, 2.45) is 5.92 Å². The van der Waals surface area contributed by atoms with Crippen molar-refractivity contribution in [3.63, 3.8) is 0 Å². The Balaban J connectivity index is 1.75. The van der Waals surface area contributed by atoms with Crippen molar-refractivity contribution >= 4 is 21.8 Å². The van der Waals surface area contributed by atoms with E-state index in [9.17, 15) is 4.79 Å². The highest BCUT2D eigenvalue weighted by atomic mass is 79.9. The number of carbonyl (C=O) groups is 1. The van der Waals surface area contributed by atoms with Gasteiger partial charge in [0.2, 0.25) is 5.91 Å². The lowest BCUT2D eigenvalue weighted by atomic mass is 9.98. The Morgan fingerprint density at radius 1 is 1.39 bits per heavy atom. The number of hydrogen-bond donors (Lipinski definition) is 0. The van der Waals surface area contributed by atoms with E-state index in [4.69, 9.17) is 4.74 Å². The fourth-order valence-electron chi connectivity index (χ4n) is 2.70. The van der Waals surface area contributed by atoms with E-state index in [2.05, 4.69) is 34.1 Å². The maximum Gasteiger partial charge on any atom is 0.228 e. The van der Waals surface area contributed by atoms with E-state index >= 15 is 0 Å². The lowest BCUT2D eigenvalue weighted by Crippen LogP contribution is -2.40. The number of halogens is 1. The van der Waals surface area contributed by atoms with Gasteiger partial charge in [-0.05, 0) is 36.1 Å². The van der Waals surface area contributed by atoms with E-state index in [0.717, 1.165) is 37.0 Å². The summed E-state index contributed by atoms with van der Waals surface area (Å²) >= 11 is 3.49. The van der Waals surface area contributed by atoms with E-state index in [-0.39, 0.29) is 11.8 Å². The van der Waals surface area contributed by atoms with Gasteiger partial charge in [0.25, 0.3) is 0 Å². The van der Waals surface area contributed by atoms with Gasteiger partial charge in [0, 0.05) is 24.2 Å². The van der Waals surface area contributed by atoms with Crippen LogP contribution in [0.25, 0.3) is 0 Å². The van der Waals surface area contributed by atoms with E-state index in [1.54, 1.807) is 0 Å². The average Bonchev–Trinajstić information content (AvgIpc) is 2.90. The van der Waals surface area contributed by atoms with Crippen LogP contribution in [0.5, 0.6) is 0 Å². The first-order valence-electron chi connectivity index (χ1n) is 6.38. The summed E-state index contributed by atoms with van der Waals surface area (Å²) in [6.07, 6.45) is 1.84. The molecule has 1 atom stereocenters.